The van der Waals surface area contributed by atoms with Crippen LogP contribution >= 0.6 is 23.8 Å². The number of rotatable bonds is 4. The molecule has 1 atom stereocenters. The molecule has 6 nitrogen and oxygen atoms in total. The minimum Gasteiger partial charge on any atom is -0.480 e. The summed E-state index contributed by atoms with van der Waals surface area (Å²) in [7, 11) is 0. The van der Waals surface area contributed by atoms with Crippen LogP contribution < -0.4 is 5.56 Å². The van der Waals surface area contributed by atoms with E-state index in [0.29, 0.717) is 10.5 Å². The molecule has 0 aliphatic heterocycles. The molecular formula is C14H10ClN3O3S. The van der Waals surface area contributed by atoms with E-state index in [1.807, 2.05) is 6.07 Å². The van der Waals surface area contributed by atoms with Crippen molar-refractivity contribution in [1.29, 1.82) is 5.26 Å². The van der Waals surface area contributed by atoms with Crippen molar-refractivity contribution in [3.63, 3.8) is 0 Å². The lowest BCUT2D eigenvalue weighted by atomic mass is 10.1. The second-order valence-electron chi connectivity index (χ2n) is 4.42. The molecule has 0 saturated carbocycles. The average molecular weight is 336 g/mol. The van der Waals surface area contributed by atoms with Gasteiger partial charge in [-0.2, -0.15) is 5.26 Å². The molecule has 1 N–H and O–H groups in total. The smallest absolute Gasteiger partial charge is 0.258 e. The Kier molecular flexibility index (Phi) is 4.85. The first kappa shape index (κ1) is 16.1. The van der Waals surface area contributed by atoms with E-state index in [9.17, 15) is 14.9 Å². The Labute approximate surface area is 135 Å². The lowest BCUT2D eigenvalue weighted by Gasteiger charge is -2.09. The quantitative estimate of drug-likeness (QED) is 0.860. The maximum Gasteiger partial charge on any atom is 0.258 e. The van der Waals surface area contributed by atoms with Crippen LogP contribution in [0.1, 0.15) is 18.7 Å². The zero-order chi connectivity index (χ0) is 16.3. The van der Waals surface area contributed by atoms with Gasteiger partial charge in [0, 0.05) is 11.9 Å². The molecule has 1 aromatic heterocycles. The lowest BCUT2D eigenvalue weighted by Crippen LogP contribution is -2.23. The second-order valence-corrected chi connectivity index (χ2v) is 5.43. The zero-order valence-electron chi connectivity index (χ0n) is 11.4. The fourth-order valence-corrected chi connectivity index (χ4v) is 2.04. The van der Waals surface area contributed by atoms with Crippen LogP contribution in [0, 0.1) is 11.3 Å². The lowest BCUT2D eigenvalue weighted by molar-refractivity contribution is -0.121. The van der Waals surface area contributed by atoms with Crippen LogP contribution in [0.4, 0.5) is 0 Å². The van der Waals surface area contributed by atoms with Gasteiger partial charge in [-0.1, -0.05) is 11.6 Å². The standard InChI is InChI=1S/C14H10ClN3O3S/c1-7(22)21-6-12(19)10(5-16)13-17-11-3-2-8(15)4-9(11)14(20)18-13/h2-4,10H,6H2,1H3,(H,17,18,20). The number of benzene rings is 1. The first-order chi connectivity index (χ1) is 10.4. The molecule has 2 rings (SSSR count). The van der Waals surface area contributed by atoms with Crippen molar-refractivity contribution in [2.45, 2.75) is 12.8 Å². The number of nitriles is 1. The summed E-state index contributed by atoms with van der Waals surface area (Å²) in [6, 6.07) is 6.40. The van der Waals surface area contributed by atoms with Crippen molar-refractivity contribution in [2.24, 2.45) is 0 Å². The monoisotopic (exact) mass is 335 g/mol. The molecule has 22 heavy (non-hydrogen) atoms. The molecular weight excluding hydrogens is 326 g/mol. The number of H-pyrrole nitrogens is 1. The molecule has 1 aromatic carbocycles. The molecule has 1 heterocycles. The van der Waals surface area contributed by atoms with Crippen LogP contribution in [0.3, 0.4) is 0 Å². The molecule has 1 unspecified atom stereocenters. The molecule has 0 fully saturated rings. The summed E-state index contributed by atoms with van der Waals surface area (Å²) < 4.78 is 4.93. The number of carbonyl (C=O) groups excluding carboxylic acids is 1. The maximum atomic E-state index is 12.0. The maximum absolute atomic E-state index is 12.0. The third kappa shape index (κ3) is 3.47. The number of nitrogens with one attached hydrogen (secondary N) is 1. The van der Waals surface area contributed by atoms with Crippen LogP contribution in [-0.2, 0) is 9.53 Å². The van der Waals surface area contributed by atoms with Crippen LogP contribution in [0.25, 0.3) is 10.9 Å². The van der Waals surface area contributed by atoms with Crippen molar-refractivity contribution in [3.05, 3.63) is 39.4 Å². The summed E-state index contributed by atoms with van der Waals surface area (Å²) >= 11 is 10.5. The minimum absolute atomic E-state index is 0.0297. The third-order valence-electron chi connectivity index (χ3n) is 2.83. The number of fused-ring (bicyclic) bond motifs is 1. The first-order valence-corrected chi connectivity index (χ1v) is 6.96. The van der Waals surface area contributed by atoms with Crippen molar-refractivity contribution in [2.75, 3.05) is 6.61 Å². The highest BCUT2D eigenvalue weighted by Gasteiger charge is 2.24. The van der Waals surface area contributed by atoms with E-state index >= 15 is 0 Å². The molecule has 0 spiro atoms. The van der Waals surface area contributed by atoms with Gasteiger partial charge in [0.25, 0.3) is 5.56 Å². The highest BCUT2D eigenvalue weighted by molar-refractivity contribution is 7.80. The Bertz CT molecular complexity index is 857. The second kappa shape index (κ2) is 6.64. The molecule has 0 aliphatic carbocycles. The molecule has 112 valence electrons. The number of ether oxygens (including phenoxy) is 1. The molecule has 0 amide bonds. The molecule has 0 aliphatic rings. The number of Topliss-reactive ketones (excluding diaryl/α,β-unsaturated/α-hetero) is 1. The van der Waals surface area contributed by atoms with E-state index < -0.39 is 17.3 Å². The van der Waals surface area contributed by atoms with Gasteiger partial charge in [-0.25, -0.2) is 4.98 Å². The Morgan fingerprint density at radius 1 is 1.59 bits per heavy atom. The van der Waals surface area contributed by atoms with Gasteiger partial charge >= 0.3 is 0 Å². The summed E-state index contributed by atoms with van der Waals surface area (Å²) in [5, 5.41) is 10.1. The Balaban J connectivity index is 2.42. The van der Waals surface area contributed by atoms with E-state index in [0.717, 1.165) is 0 Å². The van der Waals surface area contributed by atoms with Crippen molar-refractivity contribution in [3.8, 4) is 6.07 Å². The molecule has 2 aromatic rings. The van der Waals surface area contributed by atoms with Gasteiger partial charge in [0.15, 0.2) is 16.8 Å². The highest BCUT2D eigenvalue weighted by Crippen LogP contribution is 2.17. The Morgan fingerprint density at radius 2 is 2.32 bits per heavy atom. The predicted octanol–water partition coefficient (Wildman–Crippen LogP) is 2.12. The van der Waals surface area contributed by atoms with E-state index in [2.05, 4.69) is 9.97 Å². The molecule has 0 bridgehead atoms. The van der Waals surface area contributed by atoms with Gasteiger partial charge in [0.1, 0.15) is 12.4 Å². The fourth-order valence-electron chi connectivity index (χ4n) is 1.81. The predicted molar refractivity (Wildman–Crippen MR) is 85.0 cm³/mol. The summed E-state index contributed by atoms with van der Waals surface area (Å²) in [5.41, 5.74) is -0.120. The topological polar surface area (TPSA) is 95.8 Å². The normalized spacial score (nSPS) is 11.7. The number of ketones is 1. The van der Waals surface area contributed by atoms with Crippen LogP contribution in [0.2, 0.25) is 5.02 Å². The number of carbonyl (C=O) groups is 1. The van der Waals surface area contributed by atoms with Crippen molar-refractivity contribution < 1.29 is 9.53 Å². The van der Waals surface area contributed by atoms with Crippen LogP contribution in [-0.4, -0.2) is 27.4 Å². The van der Waals surface area contributed by atoms with Gasteiger partial charge in [-0.15, -0.1) is 0 Å². The summed E-state index contributed by atoms with van der Waals surface area (Å²) in [6.45, 7) is 1.17. The summed E-state index contributed by atoms with van der Waals surface area (Å²) in [6.07, 6.45) is 0. The largest absolute Gasteiger partial charge is 0.480 e. The Hall–Kier alpha value is -2.30. The number of thiocarbonyl (C=S) groups is 1. The SMILES string of the molecule is CC(=S)OCC(=O)C(C#N)c1nc2ccc(Cl)cc2c(=O)[nH]1. The molecule has 0 radical (unpaired) electrons. The van der Waals surface area contributed by atoms with Gasteiger partial charge in [-0.3, -0.25) is 9.59 Å². The molecule has 0 saturated heterocycles. The van der Waals surface area contributed by atoms with E-state index in [1.165, 1.54) is 13.0 Å². The van der Waals surface area contributed by atoms with Crippen molar-refractivity contribution >= 4 is 45.6 Å². The number of halogens is 1. The first-order valence-electron chi connectivity index (χ1n) is 6.17. The van der Waals surface area contributed by atoms with E-state index in [-0.39, 0.29) is 22.9 Å². The zero-order valence-corrected chi connectivity index (χ0v) is 13.0. The van der Waals surface area contributed by atoms with Gasteiger partial charge in [0.2, 0.25) is 0 Å². The Morgan fingerprint density at radius 3 is 2.95 bits per heavy atom. The third-order valence-corrected chi connectivity index (χ3v) is 3.18. The van der Waals surface area contributed by atoms with Crippen LogP contribution in [0.5, 0.6) is 0 Å². The van der Waals surface area contributed by atoms with E-state index in [4.69, 9.17) is 28.6 Å². The summed E-state index contributed by atoms with van der Waals surface area (Å²) in [4.78, 5) is 30.6. The highest BCUT2D eigenvalue weighted by atomic mass is 35.5. The van der Waals surface area contributed by atoms with Gasteiger partial charge in [0.05, 0.1) is 17.0 Å². The number of aromatic amines is 1. The van der Waals surface area contributed by atoms with Crippen LogP contribution in [0.15, 0.2) is 23.0 Å². The van der Waals surface area contributed by atoms with Gasteiger partial charge < -0.3 is 9.72 Å². The molecule has 8 heteroatoms. The number of hydrogen-bond acceptors (Lipinski definition) is 6. The number of hydrogen-bond donors (Lipinski definition) is 1. The number of aromatic nitrogens is 2. The van der Waals surface area contributed by atoms with Gasteiger partial charge in [-0.05, 0) is 30.4 Å². The van der Waals surface area contributed by atoms with E-state index in [1.54, 1.807) is 12.1 Å². The average Bonchev–Trinajstić information content (AvgIpc) is 2.46. The van der Waals surface area contributed by atoms with Crippen molar-refractivity contribution in [1.82, 2.24) is 9.97 Å². The number of nitrogens with zero attached hydrogens (tertiary/aromatic N) is 2. The summed E-state index contributed by atoms with van der Waals surface area (Å²) in [5.74, 6) is -1.80. The minimum atomic E-state index is -1.23. The fraction of sp³-hybridized carbons (Fsp3) is 0.214.